The van der Waals surface area contributed by atoms with Gasteiger partial charge >= 0.3 is 6.16 Å². The van der Waals surface area contributed by atoms with Crippen molar-refractivity contribution in [2.75, 3.05) is 33.5 Å². The van der Waals surface area contributed by atoms with E-state index in [-0.39, 0.29) is 37.2 Å². The average Bonchev–Trinajstić information content (AvgIpc) is 3.53. The molecule has 3 rings (SSSR count). The summed E-state index contributed by atoms with van der Waals surface area (Å²) in [6.07, 6.45) is -0.580. The molecule has 1 aliphatic rings. The Balaban J connectivity index is 1.71. The molecule has 5 N–H and O–H groups in total. The molecule has 1 saturated heterocycles. The Kier molecular flexibility index (Phi) is 10.9. The fraction of sp³-hybridized carbons (Fsp3) is 0.519. The summed E-state index contributed by atoms with van der Waals surface area (Å²) in [5, 5.41) is 17.4. The van der Waals surface area contributed by atoms with Gasteiger partial charge in [0.2, 0.25) is 11.8 Å². The fourth-order valence-corrected chi connectivity index (χ4v) is 4.53. The number of aromatic nitrogens is 1. The number of benzene rings is 1. The monoisotopic (exact) mass is 560 g/mol. The van der Waals surface area contributed by atoms with Crippen molar-refractivity contribution in [2.24, 2.45) is 11.8 Å². The van der Waals surface area contributed by atoms with Crippen LogP contribution in [0.2, 0.25) is 0 Å². The van der Waals surface area contributed by atoms with Gasteiger partial charge in [0.05, 0.1) is 19.8 Å². The number of aromatic amines is 1. The fourth-order valence-electron chi connectivity index (χ4n) is 4.53. The predicted molar refractivity (Wildman–Crippen MR) is 143 cm³/mol. The van der Waals surface area contributed by atoms with Crippen LogP contribution >= 0.6 is 0 Å². The molecule has 0 unspecified atom stereocenters. The van der Waals surface area contributed by atoms with E-state index in [4.69, 9.17) is 14.6 Å². The van der Waals surface area contributed by atoms with Gasteiger partial charge in [-0.15, -0.1) is 0 Å². The van der Waals surface area contributed by atoms with E-state index in [0.29, 0.717) is 36.0 Å². The van der Waals surface area contributed by atoms with Crippen LogP contribution in [0.5, 0.6) is 5.75 Å². The highest BCUT2D eigenvalue weighted by Gasteiger charge is 2.33. The average molecular weight is 561 g/mol. The predicted octanol–water partition coefficient (Wildman–Crippen LogP) is 1.61. The number of Topliss-reactive ketones (excluding diaryl/α,β-unsaturated/α-hetero) is 1. The molecule has 0 bridgehead atoms. The smallest absolute Gasteiger partial charge is 0.496 e. The van der Waals surface area contributed by atoms with Crippen LogP contribution in [-0.2, 0) is 23.9 Å². The quantitative estimate of drug-likeness (QED) is 0.159. The summed E-state index contributed by atoms with van der Waals surface area (Å²) >= 11 is 0. The molecule has 0 saturated carbocycles. The molecule has 2 heterocycles. The highest BCUT2D eigenvalue weighted by Crippen LogP contribution is 2.26. The lowest BCUT2D eigenvalue weighted by atomic mass is 9.95. The topological polar surface area (TPSA) is 185 Å². The SMILES string of the molecule is COc1cccc2[nH]c(C(=O)N[C@@H](CC(C)C)C(=O)N[C@@H](C[C@@H]3CCNC3=O)C(=O)COCCOC(=O)O)cc12. The van der Waals surface area contributed by atoms with E-state index in [1.54, 1.807) is 24.3 Å². The number of ether oxygens (including phenoxy) is 3. The second-order valence-electron chi connectivity index (χ2n) is 9.97. The number of carboxylic acid groups (broad SMARTS) is 1. The van der Waals surface area contributed by atoms with Crippen LogP contribution in [0.15, 0.2) is 24.3 Å². The molecule has 218 valence electrons. The number of carbonyl (C=O) groups is 5. The lowest BCUT2D eigenvalue weighted by Gasteiger charge is -2.25. The Bertz CT molecular complexity index is 1230. The Hall–Kier alpha value is -4.13. The molecule has 1 aromatic carbocycles. The molecule has 3 atom stereocenters. The number of ketones is 1. The minimum absolute atomic E-state index is 0.0335. The lowest BCUT2D eigenvalue weighted by molar-refractivity contribution is -0.132. The van der Waals surface area contributed by atoms with E-state index in [0.717, 1.165) is 0 Å². The number of amides is 3. The van der Waals surface area contributed by atoms with Crippen molar-refractivity contribution in [3.05, 3.63) is 30.0 Å². The molecular formula is C27H36N4O9. The van der Waals surface area contributed by atoms with E-state index in [1.165, 1.54) is 7.11 Å². The number of methoxy groups -OCH3 is 1. The van der Waals surface area contributed by atoms with E-state index >= 15 is 0 Å². The zero-order valence-corrected chi connectivity index (χ0v) is 22.8. The molecule has 13 heteroatoms. The normalized spacial score (nSPS) is 16.3. The molecule has 3 amide bonds. The van der Waals surface area contributed by atoms with Crippen LogP contribution in [0.25, 0.3) is 10.9 Å². The summed E-state index contributed by atoms with van der Waals surface area (Å²) in [4.78, 5) is 65.2. The molecule has 1 aliphatic heterocycles. The molecule has 0 spiro atoms. The molecule has 0 aliphatic carbocycles. The second-order valence-corrected chi connectivity index (χ2v) is 9.97. The number of nitrogens with one attached hydrogen (secondary N) is 4. The first-order valence-electron chi connectivity index (χ1n) is 13.1. The van der Waals surface area contributed by atoms with Gasteiger partial charge in [0.25, 0.3) is 5.91 Å². The first-order valence-corrected chi connectivity index (χ1v) is 13.1. The number of H-pyrrole nitrogens is 1. The van der Waals surface area contributed by atoms with Crippen LogP contribution in [0.3, 0.4) is 0 Å². The number of hydrogen-bond donors (Lipinski definition) is 5. The van der Waals surface area contributed by atoms with Gasteiger partial charge in [-0.25, -0.2) is 4.79 Å². The summed E-state index contributed by atoms with van der Waals surface area (Å²) in [7, 11) is 1.53. The second kappa shape index (κ2) is 14.3. The van der Waals surface area contributed by atoms with Crippen LogP contribution in [0.1, 0.15) is 43.6 Å². The third kappa shape index (κ3) is 8.43. The van der Waals surface area contributed by atoms with E-state index in [9.17, 15) is 24.0 Å². The first kappa shape index (κ1) is 30.4. The van der Waals surface area contributed by atoms with Crippen LogP contribution in [-0.4, -0.2) is 85.3 Å². The van der Waals surface area contributed by atoms with Gasteiger partial charge in [0, 0.05) is 23.4 Å². The van der Waals surface area contributed by atoms with Crippen molar-refractivity contribution < 1.29 is 43.3 Å². The maximum atomic E-state index is 13.4. The Morgan fingerprint density at radius 1 is 1.12 bits per heavy atom. The molecule has 1 aromatic heterocycles. The van der Waals surface area contributed by atoms with E-state index < -0.39 is 48.4 Å². The third-order valence-corrected chi connectivity index (χ3v) is 6.50. The minimum Gasteiger partial charge on any atom is -0.496 e. The highest BCUT2D eigenvalue weighted by atomic mass is 16.7. The van der Waals surface area contributed by atoms with Gasteiger partial charge in [-0.3, -0.25) is 19.2 Å². The van der Waals surface area contributed by atoms with Crippen molar-refractivity contribution in [2.45, 2.75) is 45.2 Å². The van der Waals surface area contributed by atoms with Crippen molar-refractivity contribution in [1.82, 2.24) is 20.9 Å². The van der Waals surface area contributed by atoms with Crippen molar-refractivity contribution in [1.29, 1.82) is 0 Å². The zero-order valence-electron chi connectivity index (χ0n) is 22.8. The van der Waals surface area contributed by atoms with Gasteiger partial charge < -0.3 is 40.3 Å². The summed E-state index contributed by atoms with van der Waals surface area (Å²) in [6, 6.07) is 5.00. The van der Waals surface area contributed by atoms with Gasteiger partial charge in [-0.2, -0.15) is 0 Å². The minimum atomic E-state index is -1.46. The number of carbonyl (C=O) groups excluding carboxylic acids is 4. The number of rotatable bonds is 15. The van der Waals surface area contributed by atoms with Gasteiger partial charge in [0.15, 0.2) is 5.78 Å². The molecule has 2 aromatic rings. The van der Waals surface area contributed by atoms with Crippen molar-refractivity contribution in [3.8, 4) is 5.75 Å². The zero-order chi connectivity index (χ0) is 29.2. The molecule has 1 fully saturated rings. The molecule has 0 radical (unpaired) electrons. The lowest BCUT2D eigenvalue weighted by Crippen LogP contribution is -2.53. The molecule has 40 heavy (non-hydrogen) atoms. The number of hydrogen-bond acceptors (Lipinski definition) is 8. The maximum Gasteiger partial charge on any atom is 0.505 e. The summed E-state index contributed by atoms with van der Waals surface area (Å²) < 4.78 is 14.9. The van der Waals surface area contributed by atoms with Crippen molar-refractivity contribution >= 4 is 40.6 Å². The summed E-state index contributed by atoms with van der Waals surface area (Å²) in [5.41, 5.74) is 0.942. The Labute approximate surface area is 231 Å². The van der Waals surface area contributed by atoms with Gasteiger partial charge in [-0.1, -0.05) is 19.9 Å². The third-order valence-electron chi connectivity index (χ3n) is 6.50. The maximum absolute atomic E-state index is 13.4. The van der Waals surface area contributed by atoms with Crippen molar-refractivity contribution in [3.63, 3.8) is 0 Å². The molecule has 13 nitrogen and oxygen atoms in total. The molecular weight excluding hydrogens is 524 g/mol. The first-order chi connectivity index (χ1) is 19.1. The Morgan fingerprint density at radius 2 is 1.90 bits per heavy atom. The van der Waals surface area contributed by atoms with Crippen LogP contribution < -0.4 is 20.7 Å². The van der Waals surface area contributed by atoms with Crippen LogP contribution in [0.4, 0.5) is 4.79 Å². The standard InChI is InChI=1S/C27H36N4O9/c1-15(2)11-20(31-26(35)21-13-17-18(29-21)5-4-6-23(17)38-3)25(34)30-19(12-16-7-8-28-24(16)33)22(32)14-39-9-10-40-27(36)37/h4-6,13,15-16,19-20,29H,7-12,14H2,1-3H3,(H,28,33)(H,30,34)(H,31,35)(H,36,37)/t16-,19-,20-/m0/s1. The highest BCUT2D eigenvalue weighted by molar-refractivity contribution is 6.02. The van der Waals surface area contributed by atoms with Gasteiger partial charge in [0.1, 0.15) is 30.7 Å². The number of fused-ring (bicyclic) bond motifs is 1. The van der Waals surface area contributed by atoms with Gasteiger partial charge in [-0.05, 0) is 43.4 Å². The van der Waals surface area contributed by atoms with E-state index in [1.807, 2.05) is 13.8 Å². The Morgan fingerprint density at radius 3 is 2.55 bits per heavy atom. The van der Waals surface area contributed by atoms with E-state index in [2.05, 4.69) is 25.7 Å². The van der Waals surface area contributed by atoms with Crippen LogP contribution in [0, 0.1) is 11.8 Å². The largest absolute Gasteiger partial charge is 0.505 e. The summed E-state index contributed by atoms with van der Waals surface area (Å²) in [6.45, 7) is 3.46. The summed E-state index contributed by atoms with van der Waals surface area (Å²) in [5.74, 6) is -1.60.